The van der Waals surface area contributed by atoms with E-state index in [-0.39, 0.29) is 11.7 Å². The third kappa shape index (κ3) is 3.94. The summed E-state index contributed by atoms with van der Waals surface area (Å²) in [5.41, 5.74) is 1.95. The summed E-state index contributed by atoms with van der Waals surface area (Å²) in [6.45, 7) is 2.99. The molecule has 118 valence electrons. The predicted octanol–water partition coefficient (Wildman–Crippen LogP) is 2.58. The van der Waals surface area contributed by atoms with Gasteiger partial charge in [0.1, 0.15) is 5.82 Å². The molecule has 1 fully saturated rings. The quantitative estimate of drug-likeness (QED) is 0.818. The van der Waals surface area contributed by atoms with Crippen LogP contribution in [0, 0.1) is 5.82 Å². The molecule has 0 aliphatic carbocycles. The fourth-order valence-electron chi connectivity index (χ4n) is 2.59. The summed E-state index contributed by atoms with van der Waals surface area (Å²) in [5.74, 6) is -0.288. The van der Waals surface area contributed by atoms with E-state index >= 15 is 0 Å². The minimum absolute atomic E-state index is 0.0105. The lowest BCUT2D eigenvalue weighted by atomic mass is 10.2. The largest absolute Gasteiger partial charge is 0.368 e. The number of carbonyl (C=O) groups excluding carboxylic acids is 1. The van der Waals surface area contributed by atoms with Crippen molar-refractivity contribution < 1.29 is 9.18 Å². The number of benzene rings is 1. The number of hydrogen-bond donors (Lipinski definition) is 0. The molecule has 0 radical (unpaired) electrons. The molecule has 2 aromatic rings. The molecule has 3 rings (SSSR count). The number of rotatable bonds is 3. The number of carbonyl (C=O) groups is 1. The molecule has 1 aliphatic rings. The van der Waals surface area contributed by atoms with Gasteiger partial charge >= 0.3 is 0 Å². The van der Waals surface area contributed by atoms with Crippen molar-refractivity contribution in [1.29, 1.82) is 0 Å². The zero-order valence-electron chi connectivity index (χ0n) is 12.7. The topological polar surface area (TPSA) is 36.4 Å². The van der Waals surface area contributed by atoms with Crippen LogP contribution in [0.15, 0.2) is 54.9 Å². The van der Waals surface area contributed by atoms with Crippen LogP contribution in [0.4, 0.5) is 10.1 Å². The molecule has 23 heavy (non-hydrogen) atoms. The molecule has 0 atom stereocenters. The molecule has 1 saturated heterocycles. The van der Waals surface area contributed by atoms with Gasteiger partial charge in [-0.3, -0.25) is 9.78 Å². The Bertz CT molecular complexity index is 677. The fraction of sp³-hybridized carbons (Fsp3) is 0.222. The fourth-order valence-corrected chi connectivity index (χ4v) is 2.59. The highest BCUT2D eigenvalue weighted by Crippen LogP contribution is 2.15. The average Bonchev–Trinajstić information content (AvgIpc) is 2.62. The van der Waals surface area contributed by atoms with Crippen molar-refractivity contribution in [3.63, 3.8) is 0 Å². The first-order valence-electron chi connectivity index (χ1n) is 7.60. The van der Waals surface area contributed by atoms with Gasteiger partial charge in [0, 0.05) is 50.3 Å². The second kappa shape index (κ2) is 7.05. The van der Waals surface area contributed by atoms with Gasteiger partial charge in [0.2, 0.25) is 5.91 Å². The monoisotopic (exact) mass is 311 g/mol. The highest BCUT2D eigenvalue weighted by molar-refractivity contribution is 5.91. The Morgan fingerprint density at radius 3 is 2.30 bits per heavy atom. The number of nitrogens with zero attached hydrogens (tertiary/aromatic N) is 3. The molecule has 0 spiro atoms. The van der Waals surface area contributed by atoms with E-state index in [1.807, 2.05) is 17.0 Å². The van der Waals surface area contributed by atoms with Crippen molar-refractivity contribution >= 4 is 17.7 Å². The first kappa shape index (κ1) is 15.2. The minimum atomic E-state index is -0.277. The molecule has 0 bridgehead atoms. The maximum atomic E-state index is 12.8. The number of pyridine rings is 1. The Hall–Kier alpha value is -2.69. The number of halogens is 1. The average molecular weight is 311 g/mol. The van der Waals surface area contributed by atoms with E-state index < -0.39 is 0 Å². The van der Waals surface area contributed by atoms with Crippen LogP contribution in [-0.4, -0.2) is 42.0 Å². The smallest absolute Gasteiger partial charge is 0.246 e. The molecule has 1 aromatic heterocycles. The summed E-state index contributed by atoms with van der Waals surface area (Å²) in [4.78, 5) is 20.3. The second-order valence-electron chi connectivity index (χ2n) is 5.40. The SMILES string of the molecule is O=C(C=Cc1ccc(F)cc1)N1CCN(c2ccncc2)CC1. The molecule has 1 amide bonds. The first-order chi connectivity index (χ1) is 11.2. The zero-order chi connectivity index (χ0) is 16.1. The van der Waals surface area contributed by atoms with E-state index in [4.69, 9.17) is 0 Å². The lowest BCUT2D eigenvalue weighted by molar-refractivity contribution is -0.126. The molecular weight excluding hydrogens is 293 g/mol. The Morgan fingerprint density at radius 2 is 1.65 bits per heavy atom. The van der Waals surface area contributed by atoms with Crippen molar-refractivity contribution in [1.82, 2.24) is 9.88 Å². The summed E-state index contributed by atoms with van der Waals surface area (Å²) in [7, 11) is 0. The highest BCUT2D eigenvalue weighted by atomic mass is 19.1. The van der Waals surface area contributed by atoms with Crippen LogP contribution in [0.1, 0.15) is 5.56 Å². The molecule has 5 heteroatoms. The van der Waals surface area contributed by atoms with Crippen molar-refractivity contribution in [3.05, 3.63) is 66.2 Å². The Labute approximate surface area is 134 Å². The van der Waals surface area contributed by atoms with Gasteiger partial charge in [0.15, 0.2) is 0 Å². The van der Waals surface area contributed by atoms with E-state index in [1.54, 1.807) is 36.7 Å². The molecule has 0 N–H and O–H groups in total. The zero-order valence-corrected chi connectivity index (χ0v) is 12.7. The third-order valence-electron chi connectivity index (χ3n) is 3.91. The highest BCUT2D eigenvalue weighted by Gasteiger charge is 2.19. The van der Waals surface area contributed by atoms with Crippen molar-refractivity contribution in [3.8, 4) is 0 Å². The van der Waals surface area contributed by atoms with Crippen LogP contribution in [0.2, 0.25) is 0 Å². The normalized spacial score (nSPS) is 15.2. The molecule has 0 unspecified atom stereocenters. The standard InChI is InChI=1S/C18H18FN3O/c19-16-4-1-15(2-5-16)3-6-18(23)22-13-11-21(12-14-22)17-7-9-20-10-8-17/h1-10H,11-14H2. The van der Waals surface area contributed by atoms with Crippen molar-refractivity contribution in [2.75, 3.05) is 31.1 Å². The van der Waals surface area contributed by atoms with Crippen molar-refractivity contribution in [2.45, 2.75) is 0 Å². The lowest BCUT2D eigenvalue weighted by Crippen LogP contribution is -2.48. The summed E-state index contributed by atoms with van der Waals surface area (Å²) in [6.07, 6.45) is 6.82. The van der Waals surface area contributed by atoms with Gasteiger partial charge in [-0.25, -0.2) is 4.39 Å². The first-order valence-corrected chi connectivity index (χ1v) is 7.60. The maximum absolute atomic E-state index is 12.8. The Balaban J connectivity index is 1.55. The maximum Gasteiger partial charge on any atom is 0.246 e. The van der Waals surface area contributed by atoms with Crippen LogP contribution in [0.5, 0.6) is 0 Å². The lowest BCUT2D eigenvalue weighted by Gasteiger charge is -2.35. The van der Waals surface area contributed by atoms with Crippen LogP contribution in [-0.2, 0) is 4.79 Å². The molecule has 2 heterocycles. The Morgan fingerprint density at radius 1 is 1.00 bits per heavy atom. The van der Waals surface area contributed by atoms with Gasteiger partial charge in [-0.15, -0.1) is 0 Å². The molecule has 4 nitrogen and oxygen atoms in total. The second-order valence-corrected chi connectivity index (χ2v) is 5.40. The van der Waals surface area contributed by atoms with Gasteiger partial charge in [-0.1, -0.05) is 12.1 Å². The number of anilines is 1. The summed E-state index contributed by atoms with van der Waals surface area (Å²) < 4.78 is 12.8. The summed E-state index contributed by atoms with van der Waals surface area (Å²) in [6, 6.07) is 10.0. The summed E-state index contributed by atoms with van der Waals surface area (Å²) >= 11 is 0. The van der Waals surface area contributed by atoms with E-state index in [0.717, 1.165) is 24.3 Å². The van der Waals surface area contributed by atoms with Gasteiger partial charge in [0.05, 0.1) is 0 Å². The van der Waals surface area contributed by atoms with Gasteiger partial charge in [-0.2, -0.15) is 0 Å². The van der Waals surface area contributed by atoms with Crippen LogP contribution < -0.4 is 4.90 Å². The molecule has 1 aliphatic heterocycles. The molecule has 0 saturated carbocycles. The van der Waals surface area contributed by atoms with Crippen molar-refractivity contribution in [2.24, 2.45) is 0 Å². The predicted molar refractivity (Wildman–Crippen MR) is 88.5 cm³/mol. The summed E-state index contributed by atoms with van der Waals surface area (Å²) in [5, 5.41) is 0. The van der Waals surface area contributed by atoms with Gasteiger partial charge < -0.3 is 9.80 Å². The molecular formula is C18H18FN3O. The van der Waals surface area contributed by atoms with Crippen LogP contribution in [0.3, 0.4) is 0 Å². The van der Waals surface area contributed by atoms with E-state index in [9.17, 15) is 9.18 Å². The van der Waals surface area contributed by atoms with E-state index in [2.05, 4.69) is 9.88 Å². The number of hydrogen-bond acceptors (Lipinski definition) is 3. The van der Waals surface area contributed by atoms with Gasteiger partial charge in [0.25, 0.3) is 0 Å². The van der Waals surface area contributed by atoms with E-state index in [1.165, 1.54) is 12.1 Å². The number of amides is 1. The number of aromatic nitrogens is 1. The van der Waals surface area contributed by atoms with Crippen LogP contribution in [0.25, 0.3) is 6.08 Å². The van der Waals surface area contributed by atoms with Gasteiger partial charge in [-0.05, 0) is 35.9 Å². The van der Waals surface area contributed by atoms with Crippen LogP contribution >= 0.6 is 0 Å². The van der Waals surface area contributed by atoms with E-state index in [0.29, 0.717) is 13.1 Å². The molecule has 1 aromatic carbocycles. The minimum Gasteiger partial charge on any atom is -0.368 e. The number of piperazine rings is 1. The third-order valence-corrected chi connectivity index (χ3v) is 3.91. The Kier molecular flexibility index (Phi) is 4.66.